The zero-order valence-corrected chi connectivity index (χ0v) is 11.1. The third kappa shape index (κ3) is 4.06. The number of ether oxygens (including phenoxy) is 1. The average Bonchev–Trinajstić information content (AvgIpc) is 2.99. The van der Waals surface area contributed by atoms with Crippen molar-refractivity contribution in [3.63, 3.8) is 0 Å². The number of hydrogen-bond acceptors (Lipinski definition) is 6. The number of furan rings is 1. The Hall–Kier alpha value is -2.41. The van der Waals surface area contributed by atoms with Crippen LogP contribution in [0.3, 0.4) is 0 Å². The molecule has 0 aliphatic heterocycles. The number of nitrogens with one attached hydrogen (secondary N) is 2. The lowest BCUT2D eigenvalue weighted by Gasteiger charge is -2.06. The van der Waals surface area contributed by atoms with Crippen LogP contribution in [0.25, 0.3) is 0 Å². The Balaban J connectivity index is 1.91. The van der Waals surface area contributed by atoms with E-state index in [1.54, 1.807) is 25.5 Å². The first-order valence-electron chi connectivity index (χ1n) is 6.16. The van der Waals surface area contributed by atoms with Crippen molar-refractivity contribution in [2.75, 3.05) is 25.6 Å². The Morgan fingerprint density at radius 3 is 3.10 bits per heavy atom. The van der Waals surface area contributed by atoms with Crippen molar-refractivity contribution in [1.29, 1.82) is 0 Å². The zero-order valence-electron chi connectivity index (χ0n) is 11.1. The predicted octanol–water partition coefficient (Wildman–Crippen LogP) is 1.06. The van der Waals surface area contributed by atoms with Crippen LogP contribution in [-0.2, 0) is 11.3 Å². The van der Waals surface area contributed by atoms with Crippen molar-refractivity contribution in [3.05, 3.63) is 42.1 Å². The van der Waals surface area contributed by atoms with Crippen molar-refractivity contribution in [1.82, 2.24) is 15.3 Å². The normalized spacial score (nSPS) is 10.2. The fraction of sp³-hybridized carbons (Fsp3) is 0.308. The van der Waals surface area contributed by atoms with Gasteiger partial charge in [-0.05, 0) is 18.2 Å². The fourth-order valence-electron chi connectivity index (χ4n) is 1.51. The molecule has 2 aromatic heterocycles. The summed E-state index contributed by atoms with van der Waals surface area (Å²) in [5.74, 6) is 0.884. The van der Waals surface area contributed by atoms with Gasteiger partial charge in [0.2, 0.25) is 5.95 Å². The highest BCUT2D eigenvalue weighted by Gasteiger charge is 2.08. The molecule has 7 nitrogen and oxygen atoms in total. The molecule has 0 atom stereocenters. The molecule has 0 radical (unpaired) electrons. The Labute approximate surface area is 116 Å². The summed E-state index contributed by atoms with van der Waals surface area (Å²) >= 11 is 0. The Kier molecular flexibility index (Phi) is 5.08. The van der Waals surface area contributed by atoms with Crippen molar-refractivity contribution in [2.45, 2.75) is 6.54 Å². The van der Waals surface area contributed by atoms with Crippen molar-refractivity contribution in [3.8, 4) is 0 Å². The van der Waals surface area contributed by atoms with E-state index >= 15 is 0 Å². The molecule has 7 heteroatoms. The summed E-state index contributed by atoms with van der Waals surface area (Å²) in [6.07, 6.45) is 3.13. The zero-order chi connectivity index (χ0) is 14.2. The third-order valence-electron chi connectivity index (χ3n) is 2.48. The monoisotopic (exact) mass is 276 g/mol. The van der Waals surface area contributed by atoms with Gasteiger partial charge in [-0.15, -0.1) is 0 Å². The van der Waals surface area contributed by atoms with E-state index in [4.69, 9.17) is 9.15 Å². The van der Waals surface area contributed by atoms with E-state index in [0.29, 0.717) is 31.3 Å². The van der Waals surface area contributed by atoms with Crippen molar-refractivity contribution in [2.24, 2.45) is 0 Å². The number of carbonyl (C=O) groups is 1. The summed E-state index contributed by atoms with van der Waals surface area (Å²) in [7, 11) is 1.58. The lowest BCUT2D eigenvalue weighted by molar-refractivity contribution is 0.0932. The molecule has 0 saturated carbocycles. The second-order valence-electron chi connectivity index (χ2n) is 3.95. The predicted molar refractivity (Wildman–Crippen MR) is 72.3 cm³/mol. The summed E-state index contributed by atoms with van der Waals surface area (Å²) in [6, 6.07) is 5.20. The van der Waals surface area contributed by atoms with E-state index in [1.807, 2.05) is 6.07 Å². The van der Waals surface area contributed by atoms with Gasteiger partial charge in [0.1, 0.15) is 11.5 Å². The molecule has 106 valence electrons. The number of amides is 1. The van der Waals surface area contributed by atoms with Gasteiger partial charge in [0.05, 0.1) is 19.4 Å². The molecule has 0 saturated heterocycles. The first-order chi connectivity index (χ1) is 9.79. The minimum absolute atomic E-state index is 0.259. The second-order valence-corrected chi connectivity index (χ2v) is 3.95. The number of nitrogens with zero attached hydrogens (tertiary/aromatic N) is 2. The van der Waals surface area contributed by atoms with E-state index < -0.39 is 0 Å². The summed E-state index contributed by atoms with van der Waals surface area (Å²) in [5, 5.41) is 5.69. The van der Waals surface area contributed by atoms with Gasteiger partial charge in [-0.25, -0.2) is 9.97 Å². The maximum absolute atomic E-state index is 11.8. The van der Waals surface area contributed by atoms with Gasteiger partial charge < -0.3 is 19.8 Å². The van der Waals surface area contributed by atoms with E-state index in [2.05, 4.69) is 20.6 Å². The maximum Gasteiger partial charge on any atom is 0.270 e. The molecule has 2 rings (SSSR count). The van der Waals surface area contributed by atoms with E-state index in [-0.39, 0.29) is 5.91 Å². The molecule has 0 aliphatic carbocycles. The topological polar surface area (TPSA) is 89.3 Å². The summed E-state index contributed by atoms with van der Waals surface area (Å²) in [5.41, 5.74) is 0.304. The van der Waals surface area contributed by atoms with Crippen LogP contribution in [0.2, 0.25) is 0 Å². The first-order valence-corrected chi connectivity index (χ1v) is 6.16. The fourth-order valence-corrected chi connectivity index (χ4v) is 1.51. The summed E-state index contributed by atoms with van der Waals surface area (Å²) < 4.78 is 10.0. The molecule has 2 N–H and O–H groups in total. The lowest BCUT2D eigenvalue weighted by Crippen LogP contribution is -2.28. The van der Waals surface area contributed by atoms with Crippen LogP contribution >= 0.6 is 0 Å². The van der Waals surface area contributed by atoms with Gasteiger partial charge in [0, 0.05) is 19.9 Å². The highest BCUT2D eigenvalue weighted by atomic mass is 16.5. The standard InChI is InChI=1S/C13H16N4O3/c1-19-8-6-14-12(18)11-4-5-15-13(17-11)16-9-10-3-2-7-20-10/h2-5,7H,6,8-9H2,1H3,(H,14,18)(H,15,16,17). The van der Waals surface area contributed by atoms with E-state index in [0.717, 1.165) is 5.76 Å². The molecule has 0 aliphatic rings. The lowest BCUT2D eigenvalue weighted by atomic mass is 10.4. The van der Waals surface area contributed by atoms with Crippen LogP contribution in [0.4, 0.5) is 5.95 Å². The summed E-state index contributed by atoms with van der Waals surface area (Å²) in [6.45, 7) is 1.36. The molecular weight excluding hydrogens is 260 g/mol. The maximum atomic E-state index is 11.8. The molecule has 2 heterocycles. The molecule has 0 spiro atoms. The minimum atomic E-state index is -0.259. The van der Waals surface area contributed by atoms with Gasteiger partial charge in [-0.3, -0.25) is 4.79 Å². The van der Waals surface area contributed by atoms with Crippen LogP contribution in [-0.4, -0.2) is 36.1 Å². The van der Waals surface area contributed by atoms with Gasteiger partial charge in [0.15, 0.2) is 0 Å². The van der Waals surface area contributed by atoms with Crippen LogP contribution in [0.5, 0.6) is 0 Å². The molecule has 0 fully saturated rings. The highest BCUT2D eigenvalue weighted by molar-refractivity contribution is 5.92. The Bertz CT molecular complexity index is 542. The third-order valence-corrected chi connectivity index (χ3v) is 2.48. The van der Waals surface area contributed by atoms with Crippen molar-refractivity contribution >= 4 is 11.9 Å². The van der Waals surface area contributed by atoms with Crippen LogP contribution < -0.4 is 10.6 Å². The smallest absolute Gasteiger partial charge is 0.270 e. The molecule has 0 bridgehead atoms. The van der Waals surface area contributed by atoms with Crippen molar-refractivity contribution < 1.29 is 13.9 Å². The number of hydrogen-bond donors (Lipinski definition) is 2. The average molecular weight is 276 g/mol. The summed E-state index contributed by atoms with van der Waals surface area (Å²) in [4.78, 5) is 20.0. The quantitative estimate of drug-likeness (QED) is 0.735. The number of anilines is 1. The van der Waals surface area contributed by atoms with E-state index in [1.165, 1.54) is 6.20 Å². The van der Waals surface area contributed by atoms with E-state index in [9.17, 15) is 4.79 Å². The van der Waals surface area contributed by atoms with Crippen LogP contribution in [0.15, 0.2) is 35.1 Å². The molecular formula is C13H16N4O3. The first kappa shape index (κ1) is 14.0. The number of rotatable bonds is 7. The second kappa shape index (κ2) is 7.25. The van der Waals surface area contributed by atoms with Gasteiger partial charge in [-0.2, -0.15) is 0 Å². The van der Waals surface area contributed by atoms with Crippen LogP contribution in [0, 0.1) is 0 Å². The molecule has 0 aromatic carbocycles. The van der Waals surface area contributed by atoms with Gasteiger partial charge in [0.25, 0.3) is 5.91 Å². The number of methoxy groups -OCH3 is 1. The number of aromatic nitrogens is 2. The Morgan fingerprint density at radius 2 is 2.35 bits per heavy atom. The van der Waals surface area contributed by atoms with Crippen LogP contribution in [0.1, 0.15) is 16.2 Å². The minimum Gasteiger partial charge on any atom is -0.467 e. The highest BCUT2D eigenvalue weighted by Crippen LogP contribution is 2.05. The molecule has 0 unspecified atom stereocenters. The molecule has 1 amide bonds. The van der Waals surface area contributed by atoms with Gasteiger partial charge >= 0.3 is 0 Å². The Morgan fingerprint density at radius 1 is 1.45 bits per heavy atom. The SMILES string of the molecule is COCCNC(=O)c1ccnc(NCc2ccco2)n1. The number of carbonyl (C=O) groups excluding carboxylic acids is 1. The molecule has 2 aromatic rings. The van der Waals surface area contributed by atoms with Gasteiger partial charge in [-0.1, -0.05) is 0 Å². The molecule has 20 heavy (non-hydrogen) atoms. The largest absolute Gasteiger partial charge is 0.467 e.